The summed E-state index contributed by atoms with van der Waals surface area (Å²) < 4.78 is 8.41. The number of quaternary nitrogens is 1. The highest BCUT2D eigenvalue weighted by atomic mass is 16.8. The third-order valence-corrected chi connectivity index (χ3v) is 1.96. The van der Waals surface area contributed by atoms with Gasteiger partial charge in [-0.05, 0) is 4.65 Å². The smallest absolute Gasteiger partial charge is 0.306 e. The first kappa shape index (κ1) is 10.4. The van der Waals surface area contributed by atoms with Gasteiger partial charge < -0.3 is 9.47 Å². The average Bonchev–Trinajstić information content (AvgIpc) is 2.37. The Labute approximate surface area is 75.2 Å². The minimum absolute atomic E-state index is 0.0294. The number of rotatable bonds is 3. The van der Waals surface area contributed by atoms with E-state index in [1.807, 2.05) is 0 Å². The Bertz CT molecular complexity index is 207. The van der Waals surface area contributed by atoms with Crippen molar-refractivity contribution in [2.24, 2.45) is 0 Å². The number of urea groups is 1. The van der Waals surface area contributed by atoms with Gasteiger partial charge in [-0.1, -0.05) is 0 Å². The van der Waals surface area contributed by atoms with Crippen LogP contribution in [0.2, 0.25) is 0 Å². The molecule has 0 radical (unpaired) electrons. The molecule has 7 heteroatoms. The second-order valence-corrected chi connectivity index (χ2v) is 2.73. The molecule has 0 aromatic carbocycles. The van der Waals surface area contributed by atoms with Gasteiger partial charge in [-0.15, -0.1) is 0 Å². The Morgan fingerprint density at radius 2 is 2.08 bits per heavy atom. The molecule has 0 aromatic heterocycles. The summed E-state index contributed by atoms with van der Waals surface area (Å²) in [6.07, 6.45) is -1.11. The summed E-state index contributed by atoms with van der Waals surface area (Å²) in [7, 11) is 2.61. The van der Waals surface area contributed by atoms with Crippen molar-refractivity contribution in [1.82, 2.24) is 5.06 Å². The molecule has 1 heterocycles. The lowest BCUT2D eigenvalue weighted by Crippen LogP contribution is -2.56. The monoisotopic (exact) mass is 193 g/mol. The van der Waals surface area contributed by atoms with Gasteiger partial charge in [0.05, 0.1) is 0 Å². The molecule has 0 spiro atoms. The predicted molar refractivity (Wildman–Crippen MR) is 38.6 cm³/mol. The SMILES string of the molecule is COC(OC)[N+]1(O)CCN(O)C1=O. The fourth-order valence-electron chi connectivity index (χ4n) is 1.28. The summed E-state index contributed by atoms with van der Waals surface area (Å²) in [6.45, 7) is 0.0836. The van der Waals surface area contributed by atoms with Crippen molar-refractivity contribution in [1.29, 1.82) is 0 Å². The minimum atomic E-state index is -1.11. The minimum Gasteiger partial charge on any atom is -0.306 e. The molecule has 0 aromatic rings. The Balaban J connectivity index is 2.81. The van der Waals surface area contributed by atoms with E-state index in [4.69, 9.17) is 14.7 Å². The number of ether oxygens (including phenoxy) is 2. The summed E-state index contributed by atoms with van der Waals surface area (Å²) in [5.41, 5.74) is 0. The van der Waals surface area contributed by atoms with Crippen LogP contribution in [-0.4, -0.2) is 59.9 Å². The Morgan fingerprint density at radius 3 is 2.38 bits per heavy atom. The lowest BCUT2D eigenvalue weighted by Gasteiger charge is -2.26. The molecule has 1 saturated heterocycles. The van der Waals surface area contributed by atoms with E-state index in [-0.39, 0.29) is 13.1 Å². The van der Waals surface area contributed by atoms with Gasteiger partial charge in [0, 0.05) is 14.2 Å². The van der Waals surface area contributed by atoms with Gasteiger partial charge in [0.1, 0.15) is 13.1 Å². The largest absolute Gasteiger partial charge is 0.479 e. The number of hydrogen-bond acceptors (Lipinski definition) is 5. The van der Waals surface area contributed by atoms with Crippen LogP contribution in [0.3, 0.4) is 0 Å². The number of nitrogens with zero attached hydrogens (tertiary/aromatic N) is 2. The molecular weight excluding hydrogens is 180 g/mol. The van der Waals surface area contributed by atoms with E-state index in [2.05, 4.69) is 0 Å². The highest BCUT2D eigenvalue weighted by Gasteiger charge is 2.53. The first-order chi connectivity index (χ1) is 6.06. The molecule has 1 fully saturated rings. The number of amides is 2. The molecule has 1 rings (SSSR count). The van der Waals surface area contributed by atoms with Gasteiger partial charge >= 0.3 is 12.4 Å². The van der Waals surface area contributed by atoms with E-state index in [0.717, 1.165) is 0 Å². The zero-order chi connectivity index (χ0) is 10.1. The fraction of sp³-hybridized carbons (Fsp3) is 0.833. The lowest BCUT2D eigenvalue weighted by atomic mass is 10.6. The second-order valence-electron chi connectivity index (χ2n) is 2.73. The zero-order valence-corrected chi connectivity index (χ0v) is 7.51. The second kappa shape index (κ2) is 3.56. The predicted octanol–water partition coefficient (Wildman–Crippen LogP) is -0.406. The van der Waals surface area contributed by atoms with Crippen LogP contribution in [0.5, 0.6) is 0 Å². The summed E-state index contributed by atoms with van der Waals surface area (Å²) >= 11 is 0. The Kier molecular flexibility index (Phi) is 2.84. The van der Waals surface area contributed by atoms with Gasteiger partial charge in [-0.2, -0.15) is 5.06 Å². The van der Waals surface area contributed by atoms with Gasteiger partial charge in [0.25, 0.3) is 0 Å². The molecule has 1 unspecified atom stereocenters. The van der Waals surface area contributed by atoms with Gasteiger partial charge in [-0.25, -0.2) is 10.0 Å². The van der Waals surface area contributed by atoms with Gasteiger partial charge in [0.2, 0.25) is 0 Å². The third-order valence-electron chi connectivity index (χ3n) is 1.96. The maximum Gasteiger partial charge on any atom is 0.479 e. The normalized spacial score (nSPS) is 29.0. The van der Waals surface area contributed by atoms with Crippen molar-refractivity contribution in [2.45, 2.75) is 6.41 Å². The van der Waals surface area contributed by atoms with E-state index in [1.165, 1.54) is 14.2 Å². The number of methoxy groups -OCH3 is 2. The van der Waals surface area contributed by atoms with Crippen LogP contribution in [0.25, 0.3) is 0 Å². The number of hydroxylamine groups is 5. The van der Waals surface area contributed by atoms with Crippen molar-refractivity contribution >= 4 is 6.03 Å². The van der Waals surface area contributed by atoms with Crippen molar-refractivity contribution in [3.8, 4) is 0 Å². The molecule has 0 aliphatic carbocycles. The molecule has 1 aliphatic heterocycles. The molecule has 2 amide bonds. The lowest BCUT2D eigenvalue weighted by molar-refractivity contribution is -1.08. The highest BCUT2D eigenvalue weighted by molar-refractivity contribution is 5.66. The maximum atomic E-state index is 11.2. The van der Waals surface area contributed by atoms with Crippen molar-refractivity contribution in [3.63, 3.8) is 0 Å². The van der Waals surface area contributed by atoms with Gasteiger partial charge in [-0.3, -0.25) is 5.21 Å². The van der Waals surface area contributed by atoms with Crippen molar-refractivity contribution in [3.05, 3.63) is 0 Å². The number of carbonyl (C=O) groups is 1. The number of carbonyl (C=O) groups excluding carboxylic acids is 1. The molecule has 1 aliphatic rings. The number of hydrogen-bond donors (Lipinski definition) is 2. The van der Waals surface area contributed by atoms with Crippen LogP contribution in [0.1, 0.15) is 0 Å². The van der Waals surface area contributed by atoms with Gasteiger partial charge in [0.15, 0.2) is 0 Å². The highest BCUT2D eigenvalue weighted by Crippen LogP contribution is 2.20. The first-order valence-corrected chi connectivity index (χ1v) is 3.73. The Hall–Kier alpha value is -0.730. The van der Waals surface area contributed by atoms with Crippen LogP contribution < -0.4 is 0 Å². The molecule has 0 saturated carbocycles. The van der Waals surface area contributed by atoms with E-state index in [0.29, 0.717) is 5.06 Å². The quantitative estimate of drug-likeness (QED) is 0.362. The molecule has 2 N–H and O–H groups in total. The average molecular weight is 193 g/mol. The van der Waals surface area contributed by atoms with E-state index >= 15 is 0 Å². The first-order valence-electron chi connectivity index (χ1n) is 3.73. The van der Waals surface area contributed by atoms with E-state index in [1.54, 1.807) is 0 Å². The fourth-order valence-corrected chi connectivity index (χ4v) is 1.28. The summed E-state index contributed by atoms with van der Waals surface area (Å²) in [5.74, 6) is 0. The molecule has 0 bridgehead atoms. The third kappa shape index (κ3) is 1.52. The molecular formula is C6H13N2O5+. The van der Waals surface area contributed by atoms with Crippen LogP contribution in [0.4, 0.5) is 4.79 Å². The van der Waals surface area contributed by atoms with E-state index < -0.39 is 17.1 Å². The van der Waals surface area contributed by atoms with E-state index in [9.17, 15) is 10.0 Å². The molecule has 1 atom stereocenters. The van der Waals surface area contributed by atoms with Crippen molar-refractivity contribution in [2.75, 3.05) is 27.3 Å². The molecule has 13 heavy (non-hydrogen) atoms. The van der Waals surface area contributed by atoms with Crippen LogP contribution in [0.15, 0.2) is 0 Å². The summed E-state index contributed by atoms with van der Waals surface area (Å²) in [5, 5.41) is 19.1. The molecule has 76 valence electrons. The summed E-state index contributed by atoms with van der Waals surface area (Å²) in [4.78, 5) is 11.2. The molecule has 7 nitrogen and oxygen atoms in total. The van der Waals surface area contributed by atoms with Crippen LogP contribution >= 0.6 is 0 Å². The Morgan fingerprint density at radius 1 is 1.54 bits per heavy atom. The summed E-state index contributed by atoms with van der Waals surface area (Å²) in [6, 6.07) is -0.853. The maximum absolute atomic E-state index is 11.2. The standard InChI is InChI=1S/C6H13N2O5/c1-12-6(13-2)8(11)4-3-7(10)5(8)9/h6,10-11H,3-4H2,1-2H3/q+1. The van der Waals surface area contributed by atoms with Crippen molar-refractivity contribution < 1.29 is 29.3 Å². The van der Waals surface area contributed by atoms with Crippen LogP contribution in [-0.2, 0) is 9.47 Å². The van der Waals surface area contributed by atoms with Crippen LogP contribution in [0, 0.1) is 0 Å². The topological polar surface area (TPSA) is 79.2 Å². The zero-order valence-electron chi connectivity index (χ0n) is 7.51.